The first kappa shape index (κ1) is 13.1. The first-order chi connectivity index (χ1) is 8.61. The number of aryl methyl sites for hydroxylation is 1. The zero-order chi connectivity index (χ0) is 13.1. The van der Waals surface area contributed by atoms with E-state index >= 15 is 0 Å². The standard InChI is InChI=1S/C14H17FN2S/c1-4-17-9-16-13(10(2)3)14(17)18-12-7-5-6-11(15)8-12/h5-10H,4H2,1-3H3. The van der Waals surface area contributed by atoms with Gasteiger partial charge in [-0.3, -0.25) is 0 Å². The van der Waals surface area contributed by atoms with Crippen molar-refractivity contribution in [3.05, 3.63) is 42.1 Å². The van der Waals surface area contributed by atoms with Gasteiger partial charge in [0.05, 0.1) is 12.0 Å². The number of hydrogen-bond acceptors (Lipinski definition) is 2. The van der Waals surface area contributed by atoms with Gasteiger partial charge < -0.3 is 4.57 Å². The maximum atomic E-state index is 13.2. The first-order valence-electron chi connectivity index (χ1n) is 6.10. The van der Waals surface area contributed by atoms with E-state index < -0.39 is 0 Å². The van der Waals surface area contributed by atoms with E-state index in [4.69, 9.17) is 0 Å². The molecule has 0 N–H and O–H groups in total. The fourth-order valence-corrected chi connectivity index (χ4v) is 2.99. The van der Waals surface area contributed by atoms with Crippen molar-refractivity contribution in [2.75, 3.05) is 0 Å². The molecule has 0 aliphatic carbocycles. The van der Waals surface area contributed by atoms with Gasteiger partial charge in [0.2, 0.25) is 0 Å². The predicted molar refractivity (Wildman–Crippen MR) is 72.5 cm³/mol. The van der Waals surface area contributed by atoms with Gasteiger partial charge in [0, 0.05) is 11.4 Å². The Bertz CT molecular complexity index is 534. The molecular weight excluding hydrogens is 247 g/mol. The zero-order valence-corrected chi connectivity index (χ0v) is 11.7. The van der Waals surface area contributed by atoms with E-state index in [0.29, 0.717) is 5.92 Å². The van der Waals surface area contributed by atoms with E-state index in [0.717, 1.165) is 22.2 Å². The SMILES string of the molecule is CCn1cnc(C(C)C)c1Sc1cccc(F)c1. The lowest BCUT2D eigenvalue weighted by Gasteiger charge is -2.09. The molecule has 0 aliphatic rings. The van der Waals surface area contributed by atoms with Crippen LogP contribution in [-0.4, -0.2) is 9.55 Å². The van der Waals surface area contributed by atoms with E-state index in [1.165, 1.54) is 6.07 Å². The summed E-state index contributed by atoms with van der Waals surface area (Å²) in [4.78, 5) is 5.36. The van der Waals surface area contributed by atoms with Crippen molar-refractivity contribution in [3.63, 3.8) is 0 Å². The summed E-state index contributed by atoms with van der Waals surface area (Å²) in [6, 6.07) is 6.68. The highest BCUT2D eigenvalue weighted by atomic mass is 32.2. The van der Waals surface area contributed by atoms with Gasteiger partial charge in [0.25, 0.3) is 0 Å². The third-order valence-electron chi connectivity index (χ3n) is 2.71. The average Bonchev–Trinajstić information content (AvgIpc) is 2.72. The highest BCUT2D eigenvalue weighted by Gasteiger charge is 2.14. The second-order valence-corrected chi connectivity index (χ2v) is 5.50. The van der Waals surface area contributed by atoms with Gasteiger partial charge in [-0.2, -0.15) is 0 Å². The smallest absolute Gasteiger partial charge is 0.124 e. The Morgan fingerprint density at radius 3 is 2.78 bits per heavy atom. The molecule has 1 aromatic carbocycles. The summed E-state index contributed by atoms with van der Waals surface area (Å²) in [6.07, 6.45) is 1.86. The quantitative estimate of drug-likeness (QED) is 0.818. The van der Waals surface area contributed by atoms with Crippen LogP contribution in [-0.2, 0) is 6.54 Å². The Morgan fingerprint density at radius 1 is 1.39 bits per heavy atom. The van der Waals surface area contributed by atoms with Crippen molar-refractivity contribution < 1.29 is 4.39 Å². The van der Waals surface area contributed by atoms with E-state index in [1.807, 2.05) is 12.4 Å². The molecule has 0 amide bonds. The number of rotatable bonds is 4. The Morgan fingerprint density at radius 2 is 2.17 bits per heavy atom. The predicted octanol–water partition coefficient (Wildman–Crippen LogP) is 4.32. The number of imidazole rings is 1. The monoisotopic (exact) mass is 264 g/mol. The van der Waals surface area contributed by atoms with E-state index in [9.17, 15) is 4.39 Å². The first-order valence-corrected chi connectivity index (χ1v) is 6.92. The minimum atomic E-state index is -0.200. The number of hydrogen-bond donors (Lipinski definition) is 0. The topological polar surface area (TPSA) is 17.8 Å². The molecule has 0 atom stereocenters. The minimum Gasteiger partial charge on any atom is -0.326 e. The van der Waals surface area contributed by atoms with Crippen LogP contribution in [0.4, 0.5) is 4.39 Å². The van der Waals surface area contributed by atoms with Crippen molar-refractivity contribution >= 4 is 11.8 Å². The Kier molecular flexibility index (Phi) is 4.07. The maximum absolute atomic E-state index is 13.2. The maximum Gasteiger partial charge on any atom is 0.124 e. The van der Waals surface area contributed by atoms with Crippen LogP contribution in [0.3, 0.4) is 0 Å². The fourth-order valence-electron chi connectivity index (χ4n) is 1.76. The molecule has 1 aromatic heterocycles. The fraction of sp³-hybridized carbons (Fsp3) is 0.357. The molecule has 0 radical (unpaired) electrons. The number of benzene rings is 1. The summed E-state index contributed by atoms with van der Waals surface area (Å²) in [7, 11) is 0. The lowest BCUT2D eigenvalue weighted by atomic mass is 10.2. The molecule has 2 aromatic rings. The van der Waals surface area contributed by atoms with E-state index in [1.54, 1.807) is 23.9 Å². The van der Waals surface area contributed by atoms with Crippen LogP contribution in [0.2, 0.25) is 0 Å². The van der Waals surface area contributed by atoms with Gasteiger partial charge in [-0.05, 0) is 31.0 Å². The highest BCUT2D eigenvalue weighted by Crippen LogP contribution is 2.33. The summed E-state index contributed by atoms with van der Waals surface area (Å²) in [5.41, 5.74) is 1.08. The van der Waals surface area contributed by atoms with Gasteiger partial charge in [-0.1, -0.05) is 31.7 Å². The molecule has 0 aliphatic heterocycles. The van der Waals surface area contributed by atoms with Crippen LogP contribution in [0.5, 0.6) is 0 Å². The molecule has 0 saturated carbocycles. The summed E-state index contributed by atoms with van der Waals surface area (Å²) < 4.78 is 15.3. The zero-order valence-electron chi connectivity index (χ0n) is 10.9. The van der Waals surface area contributed by atoms with Crippen molar-refractivity contribution in [1.29, 1.82) is 0 Å². The third-order valence-corrected chi connectivity index (χ3v) is 3.84. The molecule has 0 spiro atoms. The van der Waals surface area contributed by atoms with Crippen LogP contribution in [0.15, 0.2) is 40.5 Å². The van der Waals surface area contributed by atoms with Gasteiger partial charge >= 0.3 is 0 Å². The number of aromatic nitrogens is 2. The van der Waals surface area contributed by atoms with Crippen molar-refractivity contribution in [2.45, 2.75) is 43.2 Å². The largest absolute Gasteiger partial charge is 0.326 e. The molecule has 2 nitrogen and oxygen atoms in total. The summed E-state index contributed by atoms with van der Waals surface area (Å²) in [5, 5.41) is 1.11. The van der Waals surface area contributed by atoms with Crippen LogP contribution in [0.1, 0.15) is 32.4 Å². The second kappa shape index (κ2) is 5.57. The molecule has 4 heteroatoms. The normalized spacial score (nSPS) is 11.2. The molecule has 18 heavy (non-hydrogen) atoms. The number of halogens is 1. The molecule has 2 rings (SSSR count). The van der Waals surface area contributed by atoms with Gasteiger partial charge in [-0.15, -0.1) is 0 Å². The van der Waals surface area contributed by atoms with Crippen LogP contribution in [0, 0.1) is 5.82 Å². The number of nitrogens with zero attached hydrogens (tertiary/aromatic N) is 2. The molecular formula is C14H17FN2S. The lowest BCUT2D eigenvalue weighted by molar-refractivity contribution is 0.624. The Labute approximate surface area is 111 Å². The highest BCUT2D eigenvalue weighted by molar-refractivity contribution is 7.99. The van der Waals surface area contributed by atoms with Crippen LogP contribution >= 0.6 is 11.8 Å². The van der Waals surface area contributed by atoms with Crippen molar-refractivity contribution in [1.82, 2.24) is 9.55 Å². The summed E-state index contributed by atoms with van der Waals surface area (Å²) in [5.74, 6) is 0.169. The third kappa shape index (κ3) is 2.75. The summed E-state index contributed by atoms with van der Waals surface area (Å²) in [6.45, 7) is 7.20. The Balaban J connectivity index is 2.35. The van der Waals surface area contributed by atoms with E-state index in [-0.39, 0.29) is 5.82 Å². The minimum absolute atomic E-state index is 0.200. The van der Waals surface area contributed by atoms with Crippen LogP contribution in [0.25, 0.3) is 0 Å². The second-order valence-electron chi connectivity index (χ2n) is 4.44. The molecule has 1 heterocycles. The molecule has 0 saturated heterocycles. The molecule has 96 valence electrons. The van der Waals surface area contributed by atoms with Crippen LogP contribution < -0.4 is 0 Å². The molecule has 0 unspecified atom stereocenters. The van der Waals surface area contributed by atoms with Crippen molar-refractivity contribution in [3.8, 4) is 0 Å². The Hall–Kier alpha value is -1.29. The molecule has 0 fully saturated rings. The van der Waals surface area contributed by atoms with Gasteiger partial charge in [0.1, 0.15) is 10.8 Å². The summed E-state index contributed by atoms with van der Waals surface area (Å²) >= 11 is 1.58. The van der Waals surface area contributed by atoms with Gasteiger partial charge in [-0.25, -0.2) is 9.37 Å². The average molecular weight is 264 g/mol. The molecule has 0 bridgehead atoms. The lowest BCUT2D eigenvalue weighted by Crippen LogP contribution is -1.97. The van der Waals surface area contributed by atoms with Crippen molar-refractivity contribution in [2.24, 2.45) is 0 Å². The van der Waals surface area contributed by atoms with Gasteiger partial charge in [0.15, 0.2) is 0 Å². The van der Waals surface area contributed by atoms with E-state index in [2.05, 4.69) is 30.3 Å².